The first kappa shape index (κ1) is 23.7. The largest absolute Gasteiger partial charge is 0.378 e. The van der Waals surface area contributed by atoms with Crippen molar-refractivity contribution in [3.05, 3.63) is 67.7 Å². The van der Waals surface area contributed by atoms with Crippen LogP contribution in [0.5, 0.6) is 0 Å². The minimum Gasteiger partial charge on any atom is -0.378 e. The number of halogens is 1. The Morgan fingerprint density at radius 3 is 2.50 bits per heavy atom. The van der Waals surface area contributed by atoms with Crippen molar-refractivity contribution in [2.75, 3.05) is 19.0 Å². The Bertz CT molecular complexity index is 1380. The Balaban J connectivity index is 1.44. The molecule has 11 heteroatoms. The second kappa shape index (κ2) is 10.3. The summed E-state index contributed by atoms with van der Waals surface area (Å²) in [6.07, 6.45) is 3.23. The average molecular weight is 486 g/mol. The summed E-state index contributed by atoms with van der Waals surface area (Å²) in [4.78, 5) is 39.3. The number of aromatic nitrogens is 6. The second-order valence-corrected chi connectivity index (χ2v) is 8.77. The molecule has 0 aliphatic heterocycles. The van der Waals surface area contributed by atoms with Crippen LogP contribution in [0.3, 0.4) is 0 Å². The molecule has 0 bridgehead atoms. The van der Waals surface area contributed by atoms with Gasteiger partial charge in [-0.25, -0.2) is 4.79 Å². The summed E-state index contributed by atoms with van der Waals surface area (Å²) in [6.45, 7) is 2.73. The number of nitrogens with one attached hydrogen (secondary N) is 1. The molecule has 34 heavy (non-hydrogen) atoms. The Hall–Kier alpha value is -3.40. The number of anilines is 1. The number of aryl methyl sites for hydroxylation is 2. The Labute approximate surface area is 201 Å². The molecule has 3 heterocycles. The lowest BCUT2D eigenvalue weighted by Gasteiger charge is -2.12. The molecule has 4 rings (SSSR count). The van der Waals surface area contributed by atoms with Crippen LogP contribution in [0.2, 0.25) is 5.28 Å². The monoisotopic (exact) mass is 485 g/mol. The maximum atomic E-state index is 13.0. The van der Waals surface area contributed by atoms with Crippen molar-refractivity contribution in [1.29, 1.82) is 0 Å². The number of rotatable bonds is 10. The van der Waals surface area contributed by atoms with Crippen LogP contribution in [0.4, 0.5) is 5.69 Å². The van der Waals surface area contributed by atoms with E-state index in [0.29, 0.717) is 43.2 Å². The standard InChI is InChI=1S/C23H28ClN7O3/c1-4-5-12-30-20-19(26-22(24)27-20)21(32)31(23(30)33)13-6-7-17-25-18(34-28-17)14-15-8-10-16(11-9-15)29(2)3/h8-11H,4-7,12-14H2,1-3H3,(H,26,27). The van der Waals surface area contributed by atoms with Crippen LogP contribution in [-0.4, -0.2) is 43.3 Å². The van der Waals surface area contributed by atoms with Crippen LogP contribution in [0.25, 0.3) is 11.2 Å². The zero-order chi connectivity index (χ0) is 24.2. The number of unbranched alkanes of at least 4 members (excludes halogenated alkanes) is 1. The molecule has 0 atom stereocenters. The average Bonchev–Trinajstić information content (AvgIpc) is 3.42. The SMILES string of the molecule is CCCCn1c(=O)n(CCCc2noc(Cc3ccc(N(C)C)cc3)n2)c(=O)c2[nH]c(Cl)nc21. The van der Waals surface area contributed by atoms with Crippen molar-refractivity contribution in [2.24, 2.45) is 0 Å². The number of H-pyrrole nitrogens is 1. The minimum atomic E-state index is -0.429. The Morgan fingerprint density at radius 2 is 1.79 bits per heavy atom. The number of hydrogen-bond donors (Lipinski definition) is 1. The lowest BCUT2D eigenvalue weighted by Crippen LogP contribution is -2.40. The molecular formula is C23H28ClN7O3. The first-order valence-electron chi connectivity index (χ1n) is 11.3. The highest BCUT2D eigenvalue weighted by Crippen LogP contribution is 2.15. The molecular weight excluding hydrogens is 458 g/mol. The van der Waals surface area contributed by atoms with E-state index in [1.165, 1.54) is 9.13 Å². The number of nitrogens with zero attached hydrogens (tertiary/aromatic N) is 6. The maximum absolute atomic E-state index is 13.0. The van der Waals surface area contributed by atoms with Crippen LogP contribution in [0.15, 0.2) is 38.4 Å². The molecule has 0 aliphatic rings. The zero-order valence-electron chi connectivity index (χ0n) is 19.5. The van der Waals surface area contributed by atoms with E-state index in [-0.39, 0.29) is 23.0 Å². The van der Waals surface area contributed by atoms with Crippen molar-refractivity contribution >= 4 is 28.5 Å². The van der Waals surface area contributed by atoms with E-state index in [9.17, 15) is 9.59 Å². The molecule has 0 unspecified atom stereocenters. The van der Waals surface area contributed by atoms with E-state index in [1.54, 1.807) is 0 Å². The molecule has 4 aromatic rings. The molecule has 3 aromatic heterocycles. The molecule has 10 nitrogen and oxygen atoms in total. The van der Waals surface area contributed by atoms with Gasteiger partial charge in [0.1, 0.15) is 0 Å². The van der Waals surface area contributed by atoms with E-state index in [0.717, 1.165) is 24.1 Å². The molecule has 0 saturated heterocycles. The van der Waals surface area contributed by atoms with Gasteiger partial charge in [0.05, 0.1) is 6.42 Å². The summed E-state index contributed by atoms with van der Waals surface area (Å²) < 4.78 is 8.12. The van der Waals surface area contributed by atoms with Gasteiger partial charge in [-0.2, -0.15) is 9.97 Å². The van der Waals surface area contributed by atoms with Crippen LogP contribution in [-0.2, 0) is 25.9 Å². The van der Waals surface area contributed by atoms with Gasteiger partial charge >= 0.3 is 5.69 Å². The topological polar surface area (TPSA) is 115 Å². The van der Waals surface area contributed by atoms with E-state index in [4.69, 9.17) is 16.1 Å². The third-order valence-electron chi connectivity index (χ3n) is 5.67. The van der Waals surface area contributed by atoms with E-state index >= 15 is 0 Å². The zero-order valence-corrected chi connectivity index (χ0v) is 20.3. The second-order valence-electron chi connectivity index (χ2n) is 8.42. The molecule has 180 valence electrons. The molecule has 1 N–H and O–H groups in total. The predicted molar refractivity (Wildman–Crippen MR) is 131 cm³/mol. The quantitative estimate of drug-likeness (QED) is 0.343. The fourth-order valence-electron chi connectivity index (χ4n) is 3.80. The first-order chi connectivity index (χ1) is 16.4. The van der Waals surface area contributed by atoms with Gasteiger partial charge in [-0.1, -0.05) is 30.6 Å². The van der Waals surface area contributed by atoms with Gasteiger partial charge in [-0.3, -0.25) is 13.9 Å². The third kappa shape index (κ3) is 5.06. The van der Waals surface area contributed by atoms with Gasteiger partial charge in [0, 0.05) is 39.3 Å². The highest BCUT2D eigenvalue weighted by atomic mass is 35.5. The maximum Gasteiger partial charge on any atom is 0.332 e. The molecule has 0 saturated carbocycles. The summed E-state index contributed by atoms with van der Waals surface area (Å²) in [5.74, 6) is 1.07. The molecule has 0 aliphatic carbocycles. The summed E-state index contributed by atoms with van der Waals surface area (Å²) in [5, 5.41) is 4.13. The van der Waals surface area contributed by atoms with Gasteiger partial charge in [-0.15, -0.1) is 0 Å². The van der Waals surface area contributed by atoms with Crippen LogP contribution in [0, 0.1) is 0 Å². The smallest absolute Gasteiger partial charge is 0.332 e. The molecule has 0 amide bonds. The summed E-state index contributed by atoms with van der Waals surface area (Å²) >= 11 is 5.97. The number of benzene rings is 1. The van der Waals surface area contributed by atoms with Crippen molar-refractivity contribution in [2.45, 2.75) is 52.1 Å². The van der Waals surface area contributed by atoms with Gasteiger partial charge < -0.3 is 14.4 Å². The van der Waals surface area contributed by atoms with E-state index < -0.39 is 5.56 Å². The van der Waals surface area contributed by atoms with Crippen molar-refractivity contribution in [3.63, 3.8) is 0 Å². The van der Waals surface area contributed by atoms with E-state index in [1.807, 2.05) is 50.2 Å². The first-order valence-corrected chi connectivity index (χ1v) is 11.7. The van der Waals surface area contributed by atoms with Crippen molar-refractivity contribution in [3.8, 4) is 0 Å². The Morgan fingerprint density at radius 1 is 1.06 bits per heavy atom. The highest BCUT2D eigenvalue weighted by molar-refractivity contribution is 6.28. The lowest BCUT2D eigenvalue weighted by molar-refractivity contribution is 0.378. The van der Waals surface area contributed by atoms with Crippen molar-refractivity contribution < 1.29 is 4.52 Å². The van der Waals surface area contributed by atoms with Crippen molar-refractivity contribution in [1.82, 2.24) is 29.2 Å². The highest BCUT2D eigenvalue weighted by Gasteiger charge is 2.17. The minimum absolute atomic E-state index is 0.0881. The third-order valence-corrected chi connectivity index (χ3v) is 5.85. The number of imidazole rings is 1. The molecule has 1 aromatic carbocycles. The molecule has 0 spiro atoms. The predicted octanol–water partition coefficient (Wildman–Crippen LogP) is 3.01. The molecule has 0 radical (unpaired) electrons. The normalized spacial score (nSPS) is 11.4. The van der Waals surface area contributed by atoms with Crippen LogP contribution in [0.1, 0.15) is 43.5 Å². The van der Waals surface area contributed by atoms with Gasteiger partial charge in [-0.05, 0) is 42.1 Å². The van der Waals surface area contributed by atoms with Gasteiger partial charge in [0.2, 0.25) is 11.2 Å². The van der Waals surface area contributed by atoms with Crippen LogP contribution >= 0.6 is 11.6 Å². The summed E-state index contributed by atoms with van der Waals surface area (Å²) in [5.41, 5.74) is 1.92. The van der Waals surface area contributed by atoms with Gasteiger partial charge in [0.15, 0.2) is 17.0 Å². The van der Waals surface area contributed by atoms with Gasteiger partial charge in [0.25, 0.3) is 5.56 Å². The Kier molecular flexibility index (Phi) is 7.16. The fourth-order valence-corrected chi connectivity index (χ4v) is 3.97. The number of fused-ring (bicyclic) bond motifs is 1. The molecule has 0 fully saturated rings. The summed E-state index contributed by atoms with van der Waals surface area (Å²) in [6, 6.07) is 8.16. The lowest BCUT2D eigenvalue weighted by atomic mass is 10.1. The number of aromatic amines is 1. The van der Waals surface area contributed by atoms with E-state index in [2.05, 4.69) is 20.1 Å². The fraction of sp³-hybridized carbons (Fsp3) is 0.435. The number of hydrogen-bond acceptors (Lipinski definition) is 7. The summed E-state index contributed by atoms with van der Waals surface area (Å²) in [7, 11) is 3.99. The van der Waals surface area contributed by atoms with Crippen LogP contribution < -0.4 is 16.1 Å².